The van der Waals surface area contributed by atoms with Crippen LogP contribution in [0.15, 0.2) is 36.5 Å². The predicted octanol–water partition coefficient (Wildman–Crippen LogP) is 4.86. The van der Waals surface area contributed by atoms with Crippen molar-refractivity contribution in [2.24, 2.45) is 7.05 Å². The number of hydrogen-bond donors (Lipinski definition) is 0. The third kappa shape index (κ3) is 4.60. The van der Waals surface area contributed by atoms with Gasteiger partial charge >= 0.3 is 6.09 Å². The van der Waals surface area contributed by atoms with E-state index in [1.165, 1.54) is 0 Å². The molecular formula is C23H28ClN5O3. The quantitative estimate of drug-likeness (QED) is 0.557. The lowest BCUT2D eigenvalue weighted by Crippen LogP contribution is -2.39. The van der Waals surface area contributed by atoms with E-state index in [1.54, 1.807) is 27.9 Å². The van der Waals surface area contributed by atoms with Crippen LogP contribution in [0.4, 0.5) is 10.6 Å². The molecule has 32 heavy (non-hydrogen) atoms. The molecule has 9 heteroatoms. The summed E-state index contributed by atoms with van der Waals surface area (Å²) in [5.41, 5.74) is 0.206. The topological polar surface area (TPSA) is 72.7 Å². The lowest BCUT2D eigenvalue weighted by molar-refractivity contribution is 0.0292. The Hall–Kier alpha value is -3.00. The minimum Gasteiger partial charge on any atom is -0.456 e. The Bertz CT molecular complexity index is 1120. The lowest BCUT2D eigenvalue weighted by Gasteiger charge is -2.27. The minimum absolute atomic E-state index is 0.101. The second kappa shape index (κ2) is 8.50. The number of nitrogens with zero attached hydrogens (tertiary/aromatic N) is 5. The number of hydrogen-bond acceptors (Lipinski definition) is 6. The molecule has 1 aliphatic rings. The van der Waals surface area contributed by atoms with E-state index in [2.05, 4.69) is 9.88 Å². The molecule has 3 aromatic rings. The summed E-state index contributed by atoms with van der Waals surface area (Å²) in [6, 6.07) is 9.15. The Morgan fingerprint density at radius 1 is 1.22 bits per heavy atom. The van der Waals surface area contributed by atoms with Crippen LogP contribution in [0, 0.1) is 0 Å². The highest BCUT2D eigenvalue weighted by atomic mass is 35.5. The number of likely N-dealkylation sites (tertiary alicyclic amines) is 1. The third-order valence-corrected chi connectivity index (χ3v) is 5.66. The van der Waals surface area contributed by atoms with Crippen LogP contribution in [0.3, 0.4) is 0 Å². The van der Waals surface area contributed by atoms with Gasteiger partial charge in [0.05, 0.1) is 0 Å². The maximum atomic E-state index is 12.5. The van der Waals surface area contributed by atoms with Crippen molar-refractivity contribution in [2.45, 2.75) is 38.8 Å². The van der Waals surface area contributed by atoms with Gasteiger partial charge in [-0.1, -0.05) is 11.6 Å². The Morgan fingerprint density at radius 2 is 1.94 bits per heavy atom. The van der Waals surface area contributed by atoms with E-state index in [9.17, 15) is 4.79 Å². The molecule has 4 rings (SSSR count). The average Bonchev–Trinajstić information content (AvgIpc) is 3.34. The number of halogens is 1. The SMILES string of the molecule is CN(c1nn(C)c2nccc(Oc3ccc(Cl)cc3)c12)C1CCN(C(=O)OC(C)(C)C)C1. The number of amides is 1. The summed E-state index contributed by atoms with van der Waals surface area (Å²) in [5, 5.41) is 6.19. The fourth-order valence-corrected chi connectivity index (χ4v) is 3.94. The van der Waals surface area contributed by atoms with Crippen LogP contribution in [-0.2, 0) is 11.8 Å². The number of pyridine rings is 1. The second-order valence-electron chi connectivity index (χ2n) is 8.99. The molecule has 2 aromatic heterocycles. The number of carbonyl (C=O) groups is 1. The van der Waals surface area contributed by atoms with Gasteiger partial charge in [0.2, 0.25) is 0 Å². The molecular weight excluding hydrogens is 430 g/mol. The van der Waals surface area contributed by atoms with Crippen molar-refractivity contribution in [3.8, 4) is 11.5 Å². The molecule has 1 saturated heterocycles. The smallest absolute Gasteiger partial charge is 0.410 e. The number of benzene rings is 1. The van der Waals surface area contributed by atoms with Gasteiger partial charge < -0.3 is 19.3 Å². The molecule has 1 aromatic carbocycles. The Morgan fingerprint density at radius 3 is 2.62 bits per heavy atom. The van der Waals surface area contributed by atoms with E-state index in [0.717, 1.165) is 23.3 Å². The van der Waals surface area contributed by atoms with Crippen LogP contribution in [0.2, 0.25) is 5.02 Å². The maximum Gasteiger partial charge on any atom is 0.410 e. The zero-order valence-corrected chi connectivity index (χ0v) is 19.8. The molecule has 3 heterocycles. The van der Waals surface area contributed by atoms with Crippen LogP contribution in [-0.4, -0.2) is 57.5 Å². The van der Waals surface area contributed by atoms with E-state index in [0.29, 0.717) is 29.6 Å². The van der Waals surface area contributed by atoms with Crippen molar-refractivity contribution in [1.29, 1.82) is 0 Å². The maximum absolute atomic E-state index is 12.5. The Balaban J connectivity index is 1.60. The van der Waals surface area contributed by atoms with Gasteiger partial charge in [-0.05, 0) is 51.5 Å². The summed E-state index contributed by atoms with van der Waals surface area (Å²) in [6.45, 7) is 6.83. The summed E-state index contributed by atoms with van der Waals surface area (Å²) in [6.07, 6.45) is 2.24. The van der Waals surface area contributed by atoms with Crippen molar-refractivity contribution >= 4 is 34.5 Å². The first-order valence-electron chi connectivity index (χ1n) is 10.6. The molecule has 0 N–H and O–H groups in total. The summed E-state index contributed by atoms with van der Waals surface area (Å²) in [7, 11) is 3.85. The zero-order chi connectivity index (χ0) is 23.0. The molecule has 1 aliphatic heterocycles. The first-order chi connectivity index (χ1) is 15.1. The molecule has 1 unspecified atom stereocenters. The molecule has 0 spiro atoms. The number of aryl methyl sites for hydroxylation is 1. The van der Waals surface area contributed by atoms with E-state index >= 15 is 0 Å². The molecule has 0 saturated carbocycles. The van der Waals surface area contributed by atoms with Crippen LogP contribution in [0.25, 0.3) is 11.0 Å². The lowest BCUT2D eigenvalue weighted by atomic mass is 10.2. The van der Waals surface area contributed by atoms with Gasteiger partial charge in [-0.15, -0.1) is 0 Å². The third-order valence-electron chi connectivity index (χ3n) is 5.41. The molecule has 0 bridgehead atoms. The average molecular weight is 458 g/mol. The normalized spacial score (nSPS) is 16.4. The summed E-state index contributed by atoms with van der Waals surface area (Å²) >= 11 is 6.00. The van der Waals surface area contributed by atoms with Crippen molar-refractivity contribution in [1.82, 2.24) is 19.7 Å². The van der Waals surface area contributed by atoms with Gasteiger partial charge in [0.1, 0.15) is 22.5 Å². The van der Waals surface area contributed by atoms with Gasteiger partial charge in [0.25, 0.3) is 0 Å². The molecule has 1 amide bonds. The van der Waals surface area contributed by atoms with Crippen molar-refractivity contribution < 1.29 is 14.3 Å². The number of carbonyl (C=O) groups excluding carboxylic acids is 1. The van der Waals surface area contributed by atoms with Gasteiger partial charge in [0, 0.05) is 50.5 Å². The van der Waals surface area contributed by atoms with Gasteiger partial charge in [-0.25, -0.2) is 14.5 Å². The fourth-order valence-electron chi connectivity index (χ4n) is 3.81. The standard InChI is InChI=1S/C23H28ClN5O3/c1-23(2,3)32-22(30)29-13-11-16(14-29)27(4)21-19-18(10-12-25-20(19)28(5)26-21)31-17-8-6-15(24)7-9-17/h6-10,12,16H,11,13-14H2,1-5H3. The van der Waals surface area contributed by atoms with E-state index in [1.807, 2.05) is 53.1 Å². The van der Waals surface area contributed by atoms with Crippen LogP contribution < -0.4 is 9.64 Å². The molecule has 170 valence electrons. The van der Waals surface area contributed by atoms with Crippen LogP contribution in [0.1, 0.15) is 27.2 Å². The molecule has 1 fully saturated rings. The number of anilines is 1. The van der Waals surface area contributed by atoms with Crippen LogP contribution in [0.5, 0.6) is 11.5 Å². The van der Waals surface area contributed by atoms with Gasteiger partial charge in [-0.2, -0.15) is 5.10 Å². The second-order valence-corrected chi connectivity index (χ2v) is 9.43. The molecule has 1 atom stereocenters. The van der Waals surface area contributed by atoms with Crippen molar-refractivity contribution in [3.63, 3.8) is 0 Å². The van der Waals surface area contributed by atoms with Crippen molar-refractivity contribution in [3.05, 3.63) is 41.6 Å². The van der Waals surface area contributed by atoms with Gasteiger partial charge in [0.15, 0.2) is 11.5 Å². The van der Waals surface area contributed by atoms with E-state index < -0.39 is 5.60 Å². The molecule has 0 radical (unpaired) electrons. The largest absolute Gasteiger partial charge is 0.456 e. The fraction of sp³-hybridized carbons (Fsp3) is 0.435. The monoisotopic (exact) mass is 457 g/mol. The first kappa shape index (κ1) is 22.2. The summed E-state index contributed by atoms with van der Waals surface area (Å²) in [5.74, 6) is 2.10. The number of likely N-dealkylation sites (N-methyl/N-ethyl adjacent to an activating group) is 1. The Labute approximate surface area is 192 Å². The van der Waals surface area contributed by atoms with Crippen LogP contribution >= 0.6 is 11.6 Å². The molecule has 8 nitrogen and oxygen atoms in total. The summed E-state index contributed by atoms with van der Waals surface area (Å²) in [4.78, 5) is 20.8. The summed E-state index contributed by atoms with van der Waals surface area (Å²) < 4.78 is 13.4. The number of ether oxygens (including phenoxy) is 2. The number of aromatic nitrogens is 3. The minimum atomic E-state index is -0.516. The zero-order valence-electron chi connectivity index (χ0n) is 19.0. The highest BCUT2D eigenvalue weighted by Gasteiger charge is 2.33. The first-order valence-corrected chi connectivity index (χ1v) is 11.0. The van der Waals surface area contributed by atoms with Crippen molar-refractivity contribution in [2.75, 3.05) is 25.0 Å². The highest BCUT2D eigenvalue weighted by Crippen LogP contribution is 2.36. The number of fused-ring (bicyclic) bond motifs is 1. The predicted molar refractivity (Wildman–Crippen MR) is 125 cm³/mol. The highest BCUT2D eigenvalue weighted by molar-refractivity contribution is 6.30. The number of rotatable bonds is 4. The molecule has 0 aliphatic carbocycles. The Kier molecular flexibility index (Phi) is 5.90. The van der Waals surface area contributed by atoms with E-state index in [4.69, 9.17) is 26.2 Å². The van der Waals surface area contributed by atoms with E-state index in [-0.39, 0.29) is 12.1 Å². The van der Waals surface area contributed by atoms with Gasteiger partial charge in [-0.3, -0.25) is 0 Å².